The summed E-state index contributed by atoms with van der Waals surface area (Å²) in [5.74, 6) is -0.833. The summed E-state index contributed by atoms with van der Waals surface area (Å²) in [4.78, 5) is 42.0. The van der Waals surface area contributed by atoms with Crippen molar-refractivity contribution < 1.29 is 33.7 Å². The topological polar surface area (TPSA) is 118 Å². The summed E-state index contributed by atoms with van der Waals surface area (Å²) in [6.07, 6.45) is -2.01. The maximum atomic E-state index is 13.2. The molecule has 0 aliphatic carbocycles. The fourth-order valence-electron chi connectivity index (χ4n) is 7.32. The van der Waals surface area contributed by atoms with Crippen LogP contribution in [0.2, 0.25) is 0 Å². The number of carbonyl (C=O) groups is 3. The Bertz CT molecular complexity index is 2110. The lowest BCUT2D eigenvalue weighted by Crippen LogP contribution is -2.44. The van der Waals surface area contributed by atoms with E-state index in [2.05, 4.69) is 73.6 Å². The predicted molar refractivity (Wildman–Crippen MR) is 208 cm³/mol. The Labute approximate surface area is 321 Å². The average Bonchev–Trinajstić information content (AvgIpc) is 3.47. The van der Waals surface area contributed by atoms with E-state index in [1.165, 1.54) is 21.2 Å². The van der Waals surface area contributed by atoms with Gasteiger partial charge in [-0.2, -0.15) is 0 Å². The smallest absolute Gasteiger partial charge is 0.408 e. The molecule has 10 heteroatoms. The van der Waals surface area contributed by atoms with Gasteiger partial charge in [0.05, 0.1) is 31.8 Å². The molecule has 2 heterocycles. The van der Waals surface area contributed by atoms with Crippen molar-refractivity contribution in [3.05, 3.63) is 155 Å². The summed E-state index contributed by atoms with van der Waals surface area (Å²) >= 11 is 0. The average molecular weight is 742 g/mol. The van der Waals surface area contributed by atoms with Crippen molar-refractivity contribution >= 4 is 28.7 Å². The van der Waals surface area contributed by atoms with Gasteiger partial charge in [-0.3, -0.25) is 19.4 Å². The molecule has 2 N–H and O–H groups in total. The summed E-state index contributed by atoms with van der Waals surface area (Å²) in [5.41, 5.74) is 5.43. The molecule has 0 spiro atoms. The highest BCUT2D eigenvalue weighted by molar-refractivity contribution is 6.06. The van der Waals surface area contributed by atoms with Gasteiger partial charge in [-0.15, -0.1) is 0 Å². The van der Waals surface area contributed by atoms with E-state index in [-0.39, 0.29) is 56.3 Å². The number of imide groups is 1. The van der Waals surface area contributed by atoms with Crippen molar-refractivity contribution in [3.63, 3.8) is 0 Å². The van der Waals surface area contributed by atoms with Crippen molar-refractivity contribution in [1.82, 2.24) is 15.1 Å². The lowest BCUT2D eigenvalue weighted by atomic mass is 9.89. The number of aliphatic hydroxyl groups is 1. The number of fused-ring (bicyclic) bond motifs is 1. The Kier molecular flexibility index (Phi) is 11.7. The molecule has 0 radical (unpaired) electrons. The van der Waals surface area contributed by atoms with E-state index >= 15 is 0 Å². The molecule has 0 aromatic heterocycles. The molecule has 6 atom stereocenters. The standard InChI is InChI=1S/C45H47N3O7/c1-29-40(26-47(3)30(2)37-22-21-34-11-7-8-12-38(34)23-37)54-44(55-42(29)35-17-15-32(27-49)16-18-35)36-19-13-31(14-20-36)25-48-41(50)24-39(43(48)51)46-45(52)53-28-33-9-5-4-6-10-33/h4-23,29-30,39-40,42,44,49H,24-28H2,1-3H3,(H,46,52)/t29-,30+,39?,40+,42+,44+/m0/s1. The number of likely N-dealkylation sites (tertiary alicyclic amines) is 1. The molecule has 2 aliphatic heterocycles. The number of benzene rings is 5. The summed E-state index contributed by atoms with van der Waals surface area (Å²) in [5, 5.41) is 14.6. The van der Waals surface area contributed by atoms with Gasteiger partial charge in [0.25, 0.3) is 5.91 Å². The van der Waals surface area contributed by atoms with Crippen molar-refractivity contribution in [1.29, 1.82) is 0 Å². The van der Waals surface area contributed by atoms with Gasteiger partial charge >= 0.3 is 6.09 Å². The van der Waals surface area contributed by atoms with Crippen LogP contribution in [-0.4, -0.2) is 58.6 Å². The van der Waals surface area contributed by atoms with E-state index < -0.39 is 24.3 Å². The lowest BCUT2D eigenvalue weighted by Gasteiger charge is -2.43. The van der Waals surface area contributed by atoms with Crippen LogP contribution in [0.15, 0.2) is 121 Å². The van der Waals surface area contributed by atoms with E-state index in [4.69, 9.17) is 14.2 Å². The Morgan fingerprint density at radius 3 is 2.25 bits per heavy atom. The quantitative estimate of drug-likeness (QED) is 0.127. The van der Waals surface area contributed by atoms with Crippen LogP contribution in [-0.2, 0) is 43.6 Å². The van der Waals surface area contributed by atoms with Gasteiger partial charge in [-0.25, -0.2) is 4.79 Å². The van der Waals surface area contributed by atoms with Gasteiger partial charge < -0.3 is 24.6 Å². The van der Waals surface area contributed by atoms with Crippen LogP contribution in [0.3, 0.4) is 0 Å². The highest BCUT2D eigenvalue weighted by atomic mass is 16.7. The molecule has 5 aromatic carbocycles. The van der Waals surface area contributed by atoms with Crippen LogP contribution in [0.1, 0.15) is 72.1 Å². The fourth-order valence-corrected chi connectivity index (χ4v) is 7.32. The number of hydrogen-bond donors (Lipinski definition) is 2. The number of likely N-dealkylation sites (N-methyl/N-ethyl adjacent to an activating group) is 1. The van der Waals surface area contributed by atoms with Crippen LogP contribution in [0, 0.1) is 5.92 Å². The van der Waals surface area contributed by atoms with Gasteiger partial charge in [0.1, 0.15) is 12.6 Å². The summed E-state index contributed by atoms with van der Waals surface area (Å²) in [6.45, 7) is 5.11. The van der Waals surface area contributed by atoms with E-state index in [1.54, 1.807) is 0 Å². The molecule has 55 heavy (non-hydrogen) atoms. The molecule has 5 aromatic rings. The zero-order valence-corrected chi connectivity index (χ0v) is 31.3. The number of nitrogens with zero attached hydrogens (tertiary/aromatic N) is 2. The molecule has 3 amide bonds. The minimum atomic E-state index is -0.983. The van der Waals surface area contributed by atoms with Crippen LogP contribution in [0.4, 0.5) is 4.79 Å². The predicted octanol–water partition coefficient (Wildman–Crippen LogP) is 7.37. The van der Waals surface area contributed by atoms with Crippen molar-refractivity contribution in [2.45, 2.75) is 70.6 Å². The number of rotatable bonds is 12. The molecule has 284 valence electrons. The third kappa shape index (κ3) is 8.79. The molecule has 0 bridgehead atoms. The third-order valence-corrected chi connectivity index (χ3v) is 10.8. The number of nitrogens with one attached hydrogen (secondary N) is 1. The second-order valence-corrected chi connectivity index (χ2v) is 14.6. The number of alkyl carbamates (subject to hydrolysis) is 1. The van der Waals surface area contributed by atoms with E-state index in [9.17, 15) is 19.5 Å². The van der Waals surface area contributed by atoms with Crippen LogP contribution >= 0.6 is 0 Å². The molecule has 0 saturated carbocycles. The first-order valence-corrected chi connectivity index (χ1v) is 18.8. The third-order valence-electron chi connectivity index (χ3n) is 10.8. The first-order chi connectivity index (χ1) is 26.7. The molecule has 1 unspecified atom stereocenters. The van der Waals surface area contributed by atoms with Crippen LogP contribution in [0.5, 0.6) is 0 Å². The second-order valence-electron chi connectivity index (χ2n) is 14.6. The van der Waals surface area contributed by atoms with Crippen LogP contribution in [0.25, 0.3) is 10.8 Å². The van der Waals surface area contributed by atoms with Gasteiger partial charge in [0.15, 0.2) is 6.29 Å². The summed E-state index contributed by atoms with van der Waals surface area (Å²) < 4.78 is 18.7. The zero-order valence-electron chi connectivity index (χ0n) is 31.3. The normalized spacial score (nSPS) is 21.9. The van der Waals surface area contributed by atoms with E-state index in [0.29, 0.717) is 6.54 Å². The van der Waals surface area contributed by atoms with Crippen molar-refractivity contribution in [2.75, 3.05) is 13.6 Å². The van der Waals surface area contributed by atoms with E-state index in [0.717, 1.165) is 27.8 Å². The molecular weight excluding hydrogens is 695 g/mol. The minimum absolute atomic E-state index is 0.00567. The fraction of sp³-hybridized carbons (Fsp3) is 0.311. The maximum Gasteiger partial charge on any atom is 0.408 e. The highest BCUT2D eigenvalue weighted by Crippen LogP contribution is 2.42. The first-order valence-electron chi connectivity index (χ1n) is 18.8. The van der Waals surface area contributed by atoms with Gasteiger partial charge in [-0.05, 0) is 58.6 Å². The highest BCUT2D eigenvalue weighted by Gasteiger charge is 2.41. The Balaban J connectivity index is 1.03. The Hall–Kier alpha value is -5.39. The molecule has 2 saturated heterocycles. The maximum absolute atomic E-state index is 13.2. The number of hydrogen-bond acceptors (Lipinski definition) is 8. The van der Waals surface area contributed by atoms with E-state index in [1.807, 2.05) is 78.9 Å². The molecule has 10 nitrogen and oxygen atoms in total. The second kappa shape index (κ2) is 17.0. The number of ether oxygens (including phenoxy) is 3. The summed E-state index contributed by atoms with van der Waals surface area (Å²) in [6, 6.07) is 38.7. The first kappa shape index (κ1) is 37.9. The number of aliphatic hydroxyl groups excluding tert-OH is 1. The summed E-state index contributed by atoms with van der Waals surface area (Å²) in [7, 11) is 2.12. The lowest BCUT2D eigenvalue weighted by molar-refractivity contribution is -0.276. The minimum Gasteiger partial charge on any atom is -0.445 e. The Morgan fingerprint density at radius 1 is 0.855 bits per heavy atom. The largest absolute Gasteiger partial charge is 0.445 e. The monoisotopic (exact) mass is 741 g/mol. The number of carbonyl (C=O) groups excluding carboxylic acids is 3. The number of amides is 3. The Morgan fingerprint density at radius 2 is 1.53 bits per heavy atom. The molecule has 2 fully saturated rings. The van der Waals surface area contributed by atoms with Gasteiger partial charge in [0.2, 0.25) is 5.91 Å². The SMILES string of the molecule is C[C@H]1[C@@H](CN(C)[C@H](C)c2ccc3ccccc3c2)O[C@@H](c2ccc(CN3C(=O)CC(NC(=O)OCc4ccccc4)C3=O)cc2)O[C@H]1c1ccc(CO)cc1. The van der Waals surface area contributed by atoms with Crippen LogP contribution < -0.4 is 5.32 Å². The molecular formula is C45H47N3O7. The van der Waals surface area contributed by atoms with Crippen molar-refractivity contribution in [2.24, 2.45) is 5.92 Å². The van der Waals surface area contributed by atoms with Crippen molar-refractivity contribution in [3.8, 4) is 0 Å². The molecule has 7 rings (SSSR count). The zero-order chi connectivity index (χ0) is 38.5. The van der Waals surface area contributed by atoms with Gasteiger partial charge in [-0.1, -0.05) is 122 Å². The molecule has 2 aliphatic rings. The van der Waals surface area contributed by atoms with Gasteiger partial charge in [0, 0.05) is 24.1 Å².